The third kappa shape index (κ3) is 2.36. The van der Waals surface area contributed by atoms with E-state index in [0.29, 0.717) is 6.07 Å². The number of Topliss-reactive ketones (excluding diaryl/α,β-unsaturated/α-hetero) is 1. The first-order valence-electron chi connectivity index (χ1n) is 4.34. The van der Waals surface area contributed by atoms with E-state index >= 15 is 0 Å². The van der Waals surface area contributed by atoms with Crippen LogP contribution in [0.4, 0.5) is 8.78 Å². The molecule has 1 aromatic carbocycles. The van der Waals surface area contributed by atoms with E-state index in [9.17, 15) is 18.4 Å². The molecule has 6 heteroatoms. The highest BCUT2D eigenvalue weighted by atomic mass is 35.5. The van der Waals surface area contributed by atoms with Crippen LogP contribution in [-0.2, 0) is 9.53 Å². The van der Waals surface area contributed by atoms with Gasteiger partial charge in [0.25, 0.3) is 5.78 Å². The Labute approximate surface area is 95.0 Å². The second-order valence-electron chi connectivity index (χ2n) is 2.77. The second-order valence-corrected chi connectivity index (χ2v) is 3.15. The lowest BCUT2D eigenvalue weighted by atomic mass is 10.1. The van der Waals surface area contributed by atoms with E-state index in [1.165, 1.54) is 6.92 Å². The van der Waals surface area contributed by atoms with Gasteiger partial charge in [0.05, 0.1) is 17.2 Å². The summed E-state index contributed by atoms with van der Waals surface area (Å²) < 4.78 is 30.5. The van der Waals surface area contributed by atoms with Crippen LogP contribution >= 0.6 is 11.6 Å². The Hall–Kier alpha value is -1.49. The molecular weight excluding hydrogens is 242 g/mol. The summed E-state index contributed by atoms with van der Waals surface area (Å²) in [5.41, 5.74) is -0.805. The highest BCUT2D eigenvalue weighted by Gasteiger charge is 2.25. The predicted octanol–water partition coefficient (Wildman–Crippen LogP) is 2.36. The quantitative estimate of drug-likeness (QED) is 0.357. The number of ketones is 1. The van der Waals surface area contributed by atoms with Gasteiger partial charge < -0.3 is 4.74 Å². The van der Waals surface area contributed by atoms with Crippen molar-refractivity contribution < 1.29 is 23.1 Å². The van der Waals surface area contributed by atoms with E-state index in [1.807, 2.05) is 0 Å². The fourth-order valence-corrected chi connectivity index (χ4v) is 1.27. The summed E-state index contributed by atoms with van der Waals surface area (Å²) in [7, 11) is 0. The molecule has 0 aliphatic heterocycles. The van der Waals surface area contributed by atoms with Crippen molar-refractivity contribution in [1.82, 2.24) is 0 Å². The zero-order chi connectivity index (χ0) is 12.3. The van der Waals surface area contributed by atoms with Crippen molar-refractivity contribution in [2.45, 2.75) is 6.92 Å². The molecule has 0 atom stereocenters. The molecule has 0 fully saturated rings. The SMILES string of the molecule is CCOC(=O)C(=O)c1c(F)ccc(F)c1Cl. The Balaban J connectivity index is 3.18. The van der Waals surface area contributed by atoms with E-state index in [4.69, 9.17) is 11.6 Å². The van der Waals surface area contributed by atoms with E-state index in [-0.39, 0.29) is 6.61 Å². The molecule has 0 amide bonds. The molecule has 0 radical (unpaired) electrons. The molecule has 0 spiro atoms. The lowest BCUT2D eigenvalue weighted by Gasteiger charge is -2.05. The highest BCUT2D eigenvalue weighted by Crippen LogP contribution is 2.23. The Morgan fingerprint density at radius 1 is 1.31 bits per heavy atom. The third-order valence-corrected chi connectivity index (χ3v) is 2.10. The molecule has 0 aliphatic rings. The molecule has 0 aromatic heterocycles. The average Bonchev–Trinajstić information content (AvgIpc) is 2.24. The summed E-state index contributed by atoms with van der Waals surface area (Å²) in [6.45, 7) is 1.44. The summed E-state index contributed by atoms with van der Waals surface area (Å²) in [6, 6.07) is 1.48. The number of esters is 1. The maximum absolute atomic E-state index is 13.2. The van der Waals surface area contributed by atoms with Crippen molar-refractivity contribution in [1.29, 1.82) is 0 Å². The summed E-state index contributed by atoms with van der Waals surface area (Å²) in [5, 5.41) is -0.724. The Kier molecular flexibility index (Phi) is 3.95. The maximum atomic E-state index is 13.2. The number of rotatable bonds is 3. The minimum atomic E-state index is -1.30. The fourth-order valence-electron chi connectivity index (χ4n) is 1.03. The minimum absolute atomic E-state index is 0.0425. The van der Waals surface area contributed by atoms with Crippen LogP contribution < -0.4 is 0 Å². The molecule has 0 saturated heterocycles. The molecule has 0 heterocycles. The summed E-state index contributed by atoms with van der Waals surface area (Å²) in [6.07, 6.45) is 0. The van der Waals surface area contributed by atoms with Crippen molar-refractivity contribution in [2.24, 2.45) is 0 Å². The number of ether oxygens (including phenoxy) is 1. The van der Waals surface area contributed by atoms with Crippen molar-refractivity contribution in [3.63, 3.8) is 0 Å². The number of hydrogen-bond donors (Lipinski definition) is 0. The molecule has 86 valence electrons. The van der Waals surface area contributed by atoms with Gasteiger partial charge in [0.1, 0.15) is 11.6 Å². The van der Waals surface area contributed by atoms with Gasteiger partial charge in [-0.15, -0.1) is 0 Å². The Morgan fingerprint density at radius 3 is 2.44 bits per heavy atom. The van der Waals surface area contributed by atoms with Gasteiger partial charge in [-0.2, -0.15) is 0 Å². The van der Waals surface area contributed by atoms with Crippen LogP contribution in [0.1, 0.15) is 17.3 Å². The van der Waals surface area contributed by atoms with Gasteiger partial charge in [-0.1, -0.05) is 11.6 Å². The van der Waals surface area contributed by atoms with Crippen molar-refractivity contribution >= 4 is 23.4 Å². The van der Waals surface area contributed by atoms with Crippen LogP contribution in [0, 0.1) is 11.6 Å². The van der Waals surface area contributed by atoms with E-state index in [1.54, 1.807) is 0 Å². The van der Waals surface area contributed by atoms with E-state index < -0.39 is 34.0 Å². The van der Waals surface area contributed by atoms with Gasteiger partial charge in [0, 0.05) is 0 Å². The monoisotopic (exact) mass is 248 g/mol. The van der Waals surface area contributed by atoms with Gasteiger partial charge in [-0.25, -0.2) is 13.6 Å². The first-order chi connectivity index (χ1) is 7.49. The molecule has 0 unspecified atom stereocenters. The van der Waals surface area contributed by atoms with Crippen LogP contribution in [0.2, 0.25) is 5.02 Å². The van der Waals surface area contributed by atoms with Crippen LogP contribution in [0.15, 0.2) is 12.1 Å². The number of hydrogen-bond acceptors (Lipinski definition) is 3. The topological polar surface area (TPSA) is 43.4 Å². The van der Waals surface area contributed by atoms with Gasteiger partial charge >= 0.3 is 5.97 Å². The standard InChI is InChI=1S/C10H7ClF2O3/c1-2-16-10(15)9(14)7-5(12)3-4-6(13)8(7)11/h3-4H,2H2,1H3. The van der Waals surface area contributed by atoms with Gasteiger partial charge in [-0.05, 0) is 19.1 Å². The molecule has 0 bridgehead atoms. The van der Waals surface area contributed by atoms with E-state index in [0.717, 1.165) is 6.07 Å². The first-order valence-corrected chi connectivity index (χ1v) is 4.71. The Morgan fingerprint density at radius 2 is 1.88 bits per heavy atom. The molecule has 1 aromatic rings. The molecule has 0 saturated carbocycles. The number of halogens is 3. The zero-order valence-corrected chi connectivity index (χ0v) is 8.98. The molecule has 3 nitrogen and oxygen atoms in total. The number of carbonyl (C=O) groups excluding carboxylic acids is 2. The predicted molar refractivity (Wildman–Crippen MR) is 52.3 cm³/mol. The van der Waals surface area contributed by atoms with Crippen LogP contribution in [-0.4, -0.2) is 18.4 Å². The lowest BCUT2D eigenvalue weighted by Crippen LogP contribution is -2.19. The molecular formula is C10H7ClF2O3. The lowest BCUT2D eigenvalue weighted by molar-refractivity contribution is -0.137. The van der Waals surface area contributed by atoms with Gasteiger partial charge in [-0.3, -0.25) is 4.79 Å². The van der Waals surface area contributed by atoms with Crippen LogP contribution in [0.25, 0.3) is 0 Å². The molecule has 1 rings (SSSR count). The van der Waals surface area contributed by atoms with Crippen LogP contribution in [0.3, 0.4) is 0 Å². The van der Waals surface area contributed by atoms with Crippen LogP contribution in [0.5, 0.6) is 0 Å². The summed E-state index contributed by atoms with van der Waals surface area (Å²) in [5.74, 6) is -4.61. The zero-order valence-electron chi connectivity index (χ0n) is 8.22. The fraction of sp³-hybridized carbons (Fsp3) is 0.200. The van der Waals surface area contributed by atoms with Crippen molar-refractivity contribution in [2.75, 3.05) is 6.61 Å². The highest BCUT2D eigenvalue weighted by molar-refractivity contribution is 6.45. The third-order valence-electron chi connectivity index (χ3n) is 1.73. The van der Waals surface area contributed by atoms with Gasteiger partial charge in [0.2, 0.25) is 0 Å². The van der Waals surface area contributed by atoms with Gasteiger partial charge in [0.15, 0.2) is 0 Å². The first kappa shape index (κ1) is 12.6. The molecule has 16 heavy (non-hydrogen) atoms. The summed E-state index contributed by atoms with van der Waals surface area (Å²) in [4.78, 5) is 22.4. The average molecular weight is 249 g/mol. The maximum Gasteiger partial charge on any atom is 0.379 e. The largest absolute Gasteiger partial charge is 0.460 e. The number of carbonyl (C=O) groups is 2. The second kappa shape index (κ2) is 5.03. The molecule has 0 aliphatic carbocycles. The minimum Gasteiger partial charge on any atom is -0.460 e. The van der Waals surface area contributed by atoms with Crippen molar-refractivity contribution in [3.05, 3.63) is 34.4 Å². The smallest absolute Gasteiger partial charge is 0.379 e. The van der Waals surface area contributed by atoms with E-state index in [2.05, 4.69) is 4.74 Å². The number of benzene rings is 1. The van der Waals surface area contributed by atoms with Crippen molar-refractivity contribution in [3.8, 4) is 0 Å². The Bertz CT molecular complexity index is 446. The molecule has 0 N–H and O–H groups in total. The normalized spacial score (nSPS) is 10.0. The summed E-state index contributed by atoms with van der Waals surface area (Å²) >= 11 is 5.39.